The lowest BCUT2D eigenvalue weighted by atomic mass is 10.2. The van der Waals surface area contributed by atoms with Gasteiger partial charge in [0.15, 0.2) is 0 Å². The predicted octanol–water partition coefficient (Wildman–Crippen LogP) is 3.29. The Balaban J connectivity index is 2.11. The van der Waals surface area contributed by atoms with Crippen molar-refractivity contribution in [3.05, 3.63) is 42.4 Å². The van der Waals surface area contributed by atoms with E-state index in [1.807, 2.05) is 31.3 Å². The fourth-order valence-corrected chi connectivity index (χ4v) is 1.88. The number of nitrogens with two attached hydrogens (primary N) is 1. The largest absolute Gasteiger partial charge is 0.493 e. The molecule has 0 atom stereocenters. The summed E-state index contributed by atoms with van der Waals surface area (Å²) < 4.78 is 10.7. The molecule has 0 amide bonds. The summed E-state index contributed by atoms with van der Waals surface area (Å²) in [6.45, 7) is 3.56. The van der Waals surface area contributed by atoms with Gasteiger partial charge in [0.05, 0.1) is 19.1 Å². The zero-order chi connectivity index (χ0) is 13.7. The molecule has 0 fully saturated rings. The molecule has 0 saturated carbocycles. The number of nitrogens with zero attached hydrogens (tertiary/aromatic N) is 1. The Kier molecular flexibility index (Phi) is 4.34. The van der Waals surface area contributed by atoms with Crippen molar-refractivity contribution in [1.82, 2.24) is 0 Å². The van der Waals surface area contributed by atoms with Gasteiger partial charge in [0.2, 0.25) is 0 Å². The Morgan fingerprint density at radius 1 is 1.32 bits per heavy atom. The molecular weight excluding hydrogens is 240 g/mol. The van der Waals surface area contributed by atoms with Gasteiger partial charge in [-0.25, -0.2) is 0 Å². The van der Waals surface area contributed by atoms with E-state index in [4.69, 9.17) is 14.9 Å². The van der Waals surface area contributed by atoms with Crippen molar-refractivity contribution in [3.8, 4) is 5.75 Å². The van der Waals surface area contributed by atoms with Gasteiger partial charge in [-0.05, 0) is 18.6 Å². The van der Waals surface area contributed by atoms with Gasteiger partial charge < -0.3 is 19.8 Å². The van der Waals surface area contributed by atoms with Crippen LogP contribution >= 0.6 is 0 Å². The molecule has 1 aromatic heterocycles. The lowest BCUT2D eigenvalue weighted by Crippen LogP contribution is -2.16. The predicted molar refractivity (Wildman–Crippen MR) is 77.5 cm³/mol. The van der Waals surface area contributed by atoms with Crippen molar-refractivity contribution in [1.29, 1.82) is 0 Å². The number of hydrogen-bond donors (Lipinski definition) is 1. The molecule has 1 heterocycles. The van der Waals surface area contributed by atoms with Gasteiger partial charge >= 0.3 is 0 Å². The van der Waals surface area contributed by atoms with Crippen molar-refractivity contribution in [3.63, 3.8) is 0 Å². The maximum absolute atomic E-state index is 5.92. The maximum atomic E-state index is 5.92. The van der Waals surface area contributed by atoms with E-state index in [1.54, 1.807) is 12.5 Å². The molecule has 0 bridgehead atoms. The first kappa shape index (κ1) is 13.3. The lowest BCUT2D eigenvalue weighted by molar-refractivity contribution is 0.317. The Morgan fingerprint density at radius 2 is 2.16 bits per heavy atom. The first-order valence-corrected chi connectivity index (χ1v) is 6.44. The highest BCUT2D eigenvalue weighted by Gasteiger charge is 2.06. The van der Waals surface area contributed by atoms with E-state index in [0.717, 1.165) is 30.0 Å². The molecule has 0 unspecified atom stereocenters. The monoisotopic (exact) mass is 260 g/mol. The summed E-state index contributed by atoms with van der Waals surface area (Å²) in [7, 11) is 2.02. The summed E-state index contributed by atoms with van der Waals surface area (Å²) in [4.78, 5) is 2.11. The summed E-state index contributed by atoms with van der Waals surface area (Å²) in [5, 5.41) is 0. The third kappa shape index (κ3) is 3.68. The molecule has 0 saturated heterocycles. The minimum Gasteiger partial charge on any atom is -0.493 e. The minimum atomic E-state index is 0.703. The molecule has 0 radical (unpaired) electrons. The molecule has 4 heteroatoms. The van der Waals surface area contributed by atoms with Crippen LogP contribution in [0.2, 0.25) is 0 Å². The van der Waals surface area contributed by atoms with Crippen molar-refractivity contribution in [2.75, 3.05) is 24.3 Å². The van der Waals surface area contributed by atoms with E-state index in [2.05, 4.69) is 11.8 Å². The van der Waals surface area contributed by atoms with Crippen LogP contribution in [0.25, 0.3) is 0 Å². The minimum absolute atomic E-state index is 0.703. The molecule has 2 rings (SSSR count). The highest BCUT2D eigenvalue weighted by molar-refractivity contribution is 5.60. The zero-order valence-corrected chi connectivity index (χ0v) is 11.4. The van der Waals surface area contributed by atoms with E-state index in [1.165, 1.54) is 0 Å². The van der Waals surface area contributed by atoms with Crippen molar-refractivity contribution in [2.45, 2.75) is 19.9 Å². The quantitative estimate of drug-likeness (QED) is 0.810. The first-order valence-electron chi connectivity index (χ1n) is 6.44. The molecular formula is C15H20N2O2. The maximum Gasteiger partial charge on any atom is 0.123 e. The molecule has 2 aromatic rings. The molecule has 0 aliphatic rings. The van der Waals surface area contributed by atoms with Crippen LogP contribution in [0.15, 0.2) is 41.2 Å². The van der Waals surface area contributed by atoms with Gasteiger partial charge in [0, 0.05) is 42.7 Å². The number of furan rings is 1. The van der Waals surface area contributed by atoms with Gasteiger partial charge in [0.25, 0.3) is 0 Å². The third-order valence-corrected chi connectivity index (χ3v) is 2.83. The van der Waals surface area contributed by atoms with Gasteiger partial charge in [-0.2, -0.15) is 0 Å². The average Bonchev–Trinajstić information content (AvgIpc) is 2.88. The van der Waals surface area contributed by atoms with E-state index in [9.17, 15) is 0 Å². The van der Waals surface area contributed by atoms with Crippen LogP contribution in [0.3, 0.4) is 0 Å². The van der Waals surface area contributed by atoms with Gasteiger partial charge in [-0.3, -0.25) is 0 Å². The topological polar surface area (TPSA) is 51.6 Å². The smallest absolute Gasteiger partial charge is 0.123 e. The van der Waals surface area contributed by atoms with Crippen molar-refractivity contribution < 1.29 is 9.15 Å². The van der Waals surface area contributed by atoms with Crippen LogP contribution in [0.1, 0.15) is 18.9 Å². The number of nitrogen functional groups attached to an aromatic ring is 1. The molecule has 0 aliphatic heterocycles. The number of anilines is 2. The molecule has 1 aromatic carbocycles. The molecule has 19 heavy (non-hydrogen) atoms. The fourth-order valence-electron chi connectivity index (χ4n) is 1.88. The first-order chi connectivity index (χ1) is 9.19. The zero-order valence-electron chi connectivity index (χ0n) is 11.4. The van der Waals surface area contributed by atoms with Crippen LogP contribution in [0.5, 0.6) is 5.75 Å². The number of ether oxygens (including phenoxy) is 1. The van der Waals surface area contributed by atoms with E-state index < -0.39 is 0 Å². The summed E-state index contributed by atoms with van der Waals surface area (Å²) in [5.41, 5.74) is 8.79. The highest BCUT2D eigenvalue weighted by Crippen LogP contribution is 2.26. The highest BCUT2D eigenvalue weighted by atomic mass is 16.5. The molecule has 4 nitrogen and oxygen atoms in total. The van der Waals surface area contributed by atoms with Gasteiger partial charge in [-0.15, -0.1) is 0 Å². The van der Waals surface area contributed by atoms with Gasteiger partial charge in [-0.1, -0.05) is 6.92 Å². The van der Waals surface area contributed by atoms with Crippen molar-refractivity contribution in [2.24, 2.45) is 0 Å². The van der Waals surface area contributed by atoms with Crippen molar-refractivity contribution >= 4 is 11.4 Å². The van der Waals surface area contributed by atoms with Crippen LogP contribution in [-0.2, 0) is 6.54 Å². The Hall–Kier alpha value is -2.10. The third-order valence-electron chi connectivity index (χ3n) is 2.83. The van der Waals surface area contributed by atoms with Gasteiger partial charge in [0.1, 0.15) is 5.75 Å². The normalized spacial score (nSPS) is 10.4. The molecule has 2 N–H and O–H groups in total. The summed E-state index contributed by atoms with van der Waals surface area (Å²) in [5.74, 6) is 0.816. The summed E-state index contributed by atoms with van der Waals surface area (Å²) in [6.07, 6.45) is 4.41. The number of hydrogen-bond acceptors (Lipinski definition) is 4. The second-order valence-electron chi connectivity index (χ2n) is 4.60. The second kappa shape index (κ2) is 6.18. The van der Waals surface area contributed by atoms with Crippen LogP contribution < -0.4 is 15.4 Å². The molecule has 102 valence electrons. The lowest BCUT2D eigenvalue weighted by Gasteiger charge is -2.20. The van der Waals surface area contributed by atoms with E-state index >= 15 is 0 Å². The van der Waals surface area contributed by atoms with Crippen LogP contribution in [-0.4, -0.2) is 13.7 Å². The number of benzene rings is 1. The fraction of sp³-hybridized carbons (Fsp3) is 0.333. The van der Waals surface area contributed by atoms with Crippen LogP contribution in [0, 0.1) is 0 Å². The Morgan fingerprint density at radius 3 is 2.84 bits per heavy atom. The number of rotatable bonds is 6. The average molecular weight is 260 g/mol. The second-order valence-corrected chi connectivity index (χ2v) is 4.60. The standard InChI is InChI=1S/C15H20N2O2/c1-3-5-19-15-8-13(16)7-14(9-15)17(2)10-12-4-6-18-11-12/h4,6-9,11H,3,5,10,16H2,1-2H3. The van der Waals surface area contributed by atoms with Crippen LogP contribution in [0.4, 0.5) is 11.4 Å². The SMILES string of the molecule is CCCOc1cc(N)cc(N(C)Cc2ccoc2)c1. The van der Waals surface area contributed by atoms with E-state index in [-0.39, 0.29) is 0 Å². The Labute approximate surface area is 113 Å². The van der Waals surface area contributed by atoms with E-state index in [0.29, 0.717) is 12.3 Å². The summed E-state index contributed by atoms with van der Waals surface area (Å²) >= 11 is 0. The Bertz CT molecular complexity index is 509. The molecule has 0 aliphatic carbocycles. The summed E-state index contributed by atoms with van der Waals surface area (Å²) in [6, 6.07) is 7.76. The molecule has 0 spiro atoms.